The minimum absolute atomic E-state index is 0.0161. The van der Waals surface area contributed by atoms with Crippen LogP contribution in [0.3, 0.4) is 0 Å². The number of hydrogen-bond donors (Lipinski definition) is 1. The normalized spacial score (nSPS) is 41.2. The van der Waals surface area contributed by atoms with E-state index >= 15 is 0 Å². The SMILES string of the molecule is C[C@@H]1C[C@H](NC(=O)[C@]2(C)CC2(Cl)Cl)CC(C)(C)C1. The molecule has 2 fully saturated rings. The molecule has 0 aromatic carbocycles. The van der Waals surface area contributed by atoms with Crippen molar-refractivity contribution in [3.05, 3.63) is 0 Å². The third kappa shape index (κ3) is 2.65. The summed E-state index contributed by atoms with van der Waals surface area (Å²) in [6.45, 7) is 8.65. The van der Waals surface area contributed by atoms with Gasteiger partial charge in [0.05, 0.1) is 5.41 Å². The number of rotatable bonds is 2. The summed E-state index contributed by atoms with van der Waals surface area (Å²) in [6.07, 6.45) is 3.88. The van der Waals surface area contributed by atoms with E-state index in [0.29, 0.717) is 17.8 Å². The fourth-order valence-electron chi connectivity index (χ4n) is 3.45. The van der Waals surface area contributed by atoms with Crippen LogP contribution in [0.4, 0.5) is 0 Å². The first-order valence-electron chi connectivity index (χ1n) is 6.75. The molecule has 104 valence electrons. The highest BCUT2D eigenvalue weighted by atomic mass is 35.5. The van der Waals surface area contributed by atoms with E-state index in [4.69, 9.17) is 23.2 Å². The van der Waals surface area contributed by atoms with Gasteiger partial charge in [-0.2, -0.15) is 0 Å². The lowest BCUT2D eigenvalue weighted by atomic mass is 9.70. The Morgan fingerprint density at radius 2 is 1.78 bits per heavy atom. The van der Waals surface area contributed by atoms with E-state index in [1.54, 1.807) is 0 Å². The molecule has 18 heavy (non-hydrogen) atoms. The molecule has 2 rings (SSSR count). The Labute approximate surface area is 120 Å². The van der Waals surface area contributed by atoms with Crippen LogP contribution < -0.4 is 5.32 Å². The minimum Gasteiger partial charge on any atom is -0.353 e. The average Bonchev–Trinajstić information content (AvgIpc) is 2.63. The predicted octanol–water partition coefficient (Wildman–Crippen LogP) is 3.90. The molecule has 0 aromatic rings. The predicted molar refractivity (Wildman–Crippen MR) is 75.9 cm³/mol. The van der Waals surface area contributed by atoms with Crippen molar-refractivity contribution in [1.82, 2.24) is 5.32 Å². The second-order valence-corrected chi connectivity index (χ2v) is 8.78. The number of nitrogens with one attached hydrogen (secondary N) is 1. The Kier molecular flexibility index (Phi) is 3.43. The van der Waals surface area contributed by atoms with Crippen molar-refractivity contribution in [2.24, 2.45) is 16.7 Å². The van der Waals surface area contributed by atoms with Crippen molar-refractivity contribution in [1.29, 1.82) is 0 Å². The van der Waals surface area contributed by atoms with Crippen molar-refractivity contribution in [3.63, 3.8) is 0 Å². The molecule has 1 N–H and O–H groups in total. The largest absolute Gasteiger partial charge is 0.353 e. The first-order valence-corrected chi connectivity index (χ1v) is 7.50. The first kappa shape index (κ1) is 14.5. The first-order chi connectivity index (χ1) is 8.06. The van der Waals surface area contributed by atoms with Gasteiger partial charge in [-0.25, -0.2) is 0 Å². The lowest BCUT2D eigenvalue weighted by molar-refractivity contribution is -0.127. The third-order valence-corrected chi connectivity index (χ3v) is 5.58. The molecular weight excluding hydrogens is 269 g/mol. The summed E-state index contributed by atoms with van der Waals surface area (Å²) in [5, 5.41) is 3.16. The van der Waals surface area contributed by atoms with Crippen LogP contribution in [0.15, 0.2) is 0 Å². The van der Waals surface area contributed by atoms with Gasteiger partial charge < -0.3 is 5.32 Å². The van der Waals surface area contributed by atoms with Crippen molar-refractivity contribution in [2.75, 3.05) is 0 Å². The quantitative estimate of drug-likeness (QED) is 0.768. The van der Waals surface area contributed by atoms with E-state index in [-0.39, 0.29) is 11.9 Å². The number of amides is 1. The summed E-state index contributed by atoms with van der Waals surface area (Å²) in [7, 11) is 0. The molecule has 2 aliphatic carbocycles. The molecule has 0 saturated heterocycles. The van der Waals surface area contributed by atoms with Gasteiger partial charge in [-0.1, -0.05) is 20.8 Å². The van der Waals surface area contributed by atoms with E-state index in [1.807, 2.05) is 6.92 Å². The maximum Gasteiger partial charge on any atom is 0.229 e. The van der Waals surface area contributed by atoms with Crippen molar-refractivity contribution < 1.29 is 4.79 Å². The number of carbonyl (C=O) groups is 1. The van der Waals surface area contributed by atoms with Crippen LogP contribution in [0, 0.1) is 16.7 Å². The Hall–Kier alpha value is 0.0500. The fourth-order valence-corrected chi connectivity index (χ4v) is 4.15. The highest BCUT2D eigenvalue weighted by Gasteiger charge is 2.68. The van der Waals surface area contributed by atoms with Crippen LogP contribution in [0.5, 0.6) is 0 Å². The van der Waals surface area contributed by atoms with Gasteiger partial charge in [0.2, 0.25) is 5.91 Å². The summed E-state index contributed by atoms with van der Waals surface area (Å²) in [4.78, 5) is 12.2. The maximum atomic E-state index is 12.2. The molecule has 0 spiro atoms. The zero-order valence-corrected chi connectivity index (χ0v) is 13.2. The number of alkyl halides is 2. The average molecular weight is 292 g/mol. The van der Waals surface area contributed by atoms with Gasteiger partial charge in [-0.15, -0.1) is 23.2 Å². The van der Waals surface area contributed by atoms with Crippen molar-refractivity contribution in [3.8, 4) is 0 Å². The molecule has 2 nitrogen and oxygen atoms in total. The van der Waals surface area contributed by atoms with Crippen LogP contribution in [-0.2, 0) is 4.79 Å². The van der Waals surface area contributed by atoms with Crippen LogP contribution in [0.1, 0.15) is 53.4 Å². The molecular formula is C14H23Cl2NO. The summed E-state index contributed by atoms with van der Waals surface area (Å²) in [5.41, 5.74) is -0.292. The molecule has 0 unspecified atom stereocenters. The topological polar surface area (TPSA) is 29.1 Å². The van der Waals surface area contributed by atoms with Gasteiger partial charge >= 0.3 is 0 Å². The number of hydrogen-bond acceptors (Lipinski definition) is 1. The van der Waals surface area contributed by atoms with Gasteiger partial charge in [0.1, 0.15) is 4.33 Å². The highest BCUT2D eigenvalue weighted by molar-refractivity contribution is 6.53. The van der Waals surface area contributed by atoms with E-state index < -0.39 is 9.75 Å². The summed E-state index contributed by atoms with van der Waals surface area (Å²) >= 11 is 12.1. The molecule has 3 atom stereocenters. The summed E-state index contributed by atoms with van der Waals surface area (Å²) in [6, 6.07) is 0.262. The molecule has 4 heteroatoms. The minimum atomic E-state index is -0.868. The van der Waals surface area contributed by atoms with E-state index in [1.165, 1.54) is 6.42 Å². The van der Waals surface area contributed by atoms with Crippen molar-refractivity contribution in [2.45, 2.75) is 63.8 Å². The number of halogens is 2. The van der Waals surface area contributed by atoms with E-state index in [0.717, 1.165) is 12.8 Å². The zero-order valence-electron chi connectivity index (χ0n) is 11.6. The van der Waals surface area contributed by atoms with Crippen LogP contribution in [-0.4, -0.2) is 16.3 Å². The Balaban J connectivity index is 1.96. The van der Waals surface area contributed by atoms with Gasteiger partial charge in [0, 0.05) is 6.04 Å². The van der Waals surface area contributed by atoms with Gasteiger partial charge in [-0.05, 0) is 43.9 Å². The molecule has 0 bridgehead atoms. The lowest BCUT2D eigenvalue weighted by Crippen LogP contribution is -2.46. The standard InChI is InChI=1S/C14H23Cl2NO/c1-9-5-10(7-12(2,3)6-9)17-11(18)13(4)8-14(13,15)16/h9-10H,5-8H2,1-4H3,(H,17,18)/t9-,10+,13+/m1/s1. The number of carbonyl (C=O) groups excluding carboxylic acids is 1. The zero-order chi connectivity index (χ0) is 13.8. The Bertz CT molecular complexity index is 367. The van der Waals surface area contributed by atoms with Crippen LogP contribution >= 0.6 is 23.2 Å². The smallest absolute Gasteiger partial charge is 0.229 e. The maximum absolute atomic E-state index is 12.2. The second-order valence-electron chi connectivity index (χ2n) is 7.30. The summed E-state index contributed by atoms with van der Waals surface area (Å²) in [5.74, 6) is 0.671. The van der Waals surface area contributed by atoms with Crippen LogP contribution in [0.25, 0.3) is 0 Å². The molecule has 0 aliphatic heterocycles. The third-order valence-electron chi connectivity index (χ3n) is 4.48. The van der Waals surface area contributed by atoms with Crippen molar-refractivity contribution >= 4 is 29.1 Å². The molecule has 0 radical (unpaired) electrons. The molecule has 0 aromatic heterocycles. The van der Waals surface area contributed by atoms with E-state index in [9.17, 15) is 4.79 Å². The lowest BCUT2D eigenvalue weighted by Gasteiger charge is -2.39. The molecule has 2 aliphatic rings. The second kappa shape index (κ2) is 4.28. The Morgan fingerprint density at radius 3 is 2.22 bits per heavy atom. The van der Waals surface area contributed by atoms with Gasteiger partial charge in [0.25, 0.3) is 0 Å². The molecule has 0 heterocycles. The monoisotopic (exact) mass is 291 g/mol. The highest BCUT2D eigenvalue weighted by Crippen LogP contribution is 2.63. The summed E-state index contributed by atoms with van der Waals surface area (Å²) < 4.78 is -0.868. The van der Waals surface area contributed by atoms with Crippen LogP contribution in [0.2, 0.25) is 0 Å². The molecule has 1 amide bonds. The van der Waals surface area contributed by atoms with Gasteiger partial charge in [0.15, 0.2) is 0 Å². The van der Waals surface area contributed by atoms with Gasteiger partial charge in [-0.3, -0.25) is 4.79 Å². The Morgan fingerprint density at radius 1 is 1.22 bits per heavy atom. The molecule has 2 saturated carbocycles. The van der Waals surface area contributed by atoms with E-state index in [2.05, 4.69) is 26.1 Å². The fraction of sp³-hybridized carbons (Fsp3) is 0.929.